The fourth-order valence-electron chi connectivity index (χ4n) is 2.38. The summed E-state index contributed by atoms with van der Waals surface area (Å²) >= 11 is 0. The van der Waals surface area contributed by atoms with E-state index < -0.39 is 17.5 Å². The number of nitrogens with one attached hydrogen (secondary N) is 1. The Morgan fingerprint density at radius 3 is 2.29 bits per heavy atom. The molecule has 0 aromatic heterocycles. The van der Waals surface area contributed by atoms with Crippen LogP contribution in [0.25, 0.3) is 0 Å². The SMILES string of the molecule is Cc1ccc(C(C)NCc2cc(F)c(F)cc2F)c(C)c1. The van der Waals surface area contributed by atoms with Gasteiger partial charge in [-0.25, -0.2) is 13.2 Å². The van der Waals surface area contributed by atoms with Gasteiger partial charge in [0.15, 0.2) is 11.6 Å². The highest BCUT2D eigenvalue weighted by molar-refractivity contribution is 5.32. The van der Waals surface area contributed by atoms with Crippen molar-refractivity contribution >= 4 is 0 Å². The summed E-state index contributed by atoms with van der Waals surface area (Å²) in [7, 11) is 0. The van der Waals surface area contributed by atoms with E-state index in [1.165, 1.54) is 5.56 Å². The molecule has 1 unspecified atom stereocenters. The van der Waals surface area contributed by atoms with Crippen molar-refractivity contribution in [1.29, 1.82) is 0 Å². The Labute approximate surface area is 122 Å². The van der Waals surface area contributed by atoms with Crippen molar-refractivity contribution in [2.45, 2.75) is 33.4 Å². The number of benzene rings is 2. The monoisotopic (exact) mass is 293 g/mol. The second kappa shape index (κ2) is 6.31. The summed E-state index contributed by atoms with van der Waals surface area (Å²) in [5, 5.41) is 3.13. The van der Waals surface area contributed by atoms with E-state index in [1.807, 2.05) is 32.9 Å². The van der Waals surface area contributed by atoms with Crippen molar-refractivity contribution in [1.82, 2.24) is 5.32 Å². The molecule has 1 N–H and O–H groups in total. The van der Waals surface area contributed by atoms with Crippen LogP contribution in [0.4, 0.5) is 13.2 Å². The molecule has 0 fully saturated rings. The predicted molar refractivity (Wildman–Crippen MR) is 77.5 cm³/mol. The second-order valence-electron chi connectivity index (χ2n) is 5.32. The lowest BCUT2D eigenvalue weighted by molar-refractivity contribution is 0.482. The zero-order valence-corrected chi connectivity index (χ0v) is 12.3. The minimum atomic E-state index is -1.17. The Bertz CT molecular complexity index is 653. The summed E-state index contributed by atoms with van der Waals surface area (Å²) in [5.41, 5.74) is 3.53. The Kier molecular flexibility index (Phi) is 4.68. The lowest BCUT2D eigenvalue weighted by atomic mass is 10.00. The summed E-state index contributed by atoms with van der Waals surface area (Å²) in [6.07, 6.45) is 0. The molecule has 1 atom stereocenters. The van der Waals surface area contributed by atoms with Crippen molar-refractivity contribution in [2.24, 2.45) is 0 Å². The van der Waals surface area contributed by atoms with Gasteiger partial charge in [-0.3, -0.25) is 0 Å². The van der Waals surface area contributed by atoms with Crippen molar-refractivity contribution in [3.8, 4) is 0 Å². The number of hydrogen-bond acceptors (Lipinski definition) is 1. The average Bonchev–Trinajstić information content (AvgIpc) is 2.41. The maximum atomic E-state index is 13.6. The molecule has 0 saturated carbocycles. The van der Waals surface area contributed by atoms with Gasteiger partial charge < -0.3 is 5.32 Å². The minimum Gasteiger partial charge on any atom is -0.306 e. The van der Waals surface area contributed by atoms with E-state index in [1.54, 1.807) is 0 Å². The minimum absolute atomic E-state index is 0.0156. The zero-order chi connectivity index (χ0) is 15.6. The molecule has 0 aliphatic carbocycles. The van der Waals surface area contributed by atoms with Gasteiger partial charge in [0.1, 0.15) is 5.82 Å². The van der Waals surface area contributed by atoms with Crippen LogP contribution in [0.5, 0.6) is 0 Å². The molecule has 2 aromatic carbocycles. The zero-order valence-electron chi connectivity index (χ0n) is 12.3. The van der Waals surface area contributed by atoms with Gasteiger partial charge in [0, 0.05) is 24.2 Å². The van der Waals surface area contributed by atoms with Crippen LogP contribution < -0.4 is 5.32 Å². The maximum Gasteiger partial charge on any atom is 0.161 e. The third kappa shape index (κ3) is 3.64. The Hall–Kier alpha value is -1.81. The van der Waals surface area contributed by atoms with Gasteiger partial charge in [0.25, 0.3) is 0 Å². The van der Waals surface area contributed by atoms with Crippen molar-refractivity contribution < 1.29 is 13.2 Å². The molecule has 2 rings (SSSR count). The Morgan fingerprint density at radius 1 is 0.952 bits per heavy atom. The third-order valence-electron chi connectivity index (χ3n) is 3.58. The van der Waals surface area contributed by atoms with E-state index in [0.717, 1.165) is 17.2 Å². The molecule has 0 spiro atoms. The van der Waals surface area contributed by atoms with E-state index in [9.17, 15) is 13.2 Å². The van der Waals surface area contributed by atoms with Crippen LogP contribution in [-0.4, -0.2) is 0 Å². The quantitative estimate of drug-likeness (QED) is 0.814. The van der Waals surface area contributed by atoms with Crippen LogP contribution in [0.15, 0.2) is 30.3 Å². The lowest BCUT2D eigenvalue weighted by Gasteiger charge is -2.17. The van der Waals surface area contributed by atoms with E-state index >= 15 is 0 Å². The normalized spacial score (nSPS) is 12.5. The van der Waals surface area contributed by atoms with E-state index in [4.69, 9.17) is 0 Å². The number of rotatable bonds is 4. The molecule has 0 aliphatic heterocycles. The summed E-state index contributed by atoms with van der Waals surface area (Å²) in [4.78, 5) is 0. The maximum absolute atomic E-state index is 13.6. The second-order valence-corrected chi connectivity index (χ2v) is 5.32. The van der Waals surface area contributed by atoms with Crippen LogP contribution in [0, 0.1) is 31.3 Å². The van der Waals surface area contributed by atoms with Crippen LogP contribution in [0.3, 0.4) is 0 Å². The van der Waals surface area contributed by atoms with Crippen LogP contribution in [-0.2, 0) is 6.54 Å². The molecule has 0 saturated heterocycles. The van der Waals surface area contributed by atoms with Gasteiger partial charge in [-0.1, -0.05) is 23.8 Å². The van der Waals surface area contributed by atoms with Gasteiger partial charge in [0.05, 0.1) is 0 Å². The number of hydrogen-bond donors (Lipinski definition) is 1. The van der Waals surface area contributed by atoms with Gasteiger partial charge in [-0.05, 0) is 38.0 Å². The highest BCUT2D eigenvalue weighted by Crippen LogP contribution is 2.20. The first-order valence-electron chi connectivity index (χ1n) is 6.82. The summed E-state index contributed by atoms with van der Waals surface area (Å²) in [5.74, 6) is -2.94. The highest BCUT2D eigenvalue weighted by Gasteiger charge is 2.12. The number of halogens is 3. The van der Waals surface area contributed by atoms with E-state index in [0.29, 0.717) is 6.07 Å². The van der Waals surface area contributed by atoms with Gasteiger partial charge in [-0.2, -0.15) is 0 Å². The van der Waals surface area contributed by atoms with Crippen LogP contribution >= 0.6 is 0 Å². The topological polar surface area (TPSA) is 12.0 Å². The van der Waals surface area contributed by atoms with Crippen molar-refractivity contribution in [3.63, 3.8) is 0 Å². The first-order chi connectivity index (χ1) is 9.88. The predicted octanol–water partition coefficient (Wildman–Crippen LogP) is 4.57. The molecule has 21 heavy (non-hydrogen) atoms. The summed E-state index contributed by atoms with van der Waals surface area (Å²) in [6.45, 7) is 6.12. The number of aryl methyl sites for hydroxylation is 2. The van der Waals surface area contributed by atoms with Crippen LogP contribution in [0.2, 0.25) is 0 Å². The fourth-order valence-corrected chi connectivity index (χ4v) is 2.38. The molecule has 0 heterocycles. The lowest BCUT2D eigenvalue weighted by Crippen LogP contribution is -2.20. The molecular weight excluding hydrogens is 275 g/mol. The summed E-state index contributed by atoms with van der Waals surface area (Å²) in [6, 6.07) is 7.56. The smallest absolute Gasteiger partial charge is 0.161 e. The van der Waals surface area contributed by atoms with Crippen molar-refractivity contribution in [3.05, 3.63) is 70.0 Å². The molecule has 0 bridgehead atoms. The molecule has 0 radical (unpaired) electrons. The first kappa shape index (κ1) is 15.6. The molecule has 112 valence electrons. The molecular formula is C17H18F3N. The fraction of sp³-hybridized carbons (Fsp3) is 0.294. The average molecular weight is 293 g/mol. The standard InChI is InChI=1S/C17H18F3N/c1-10-4-5-14(11(2)6-10)12(3)21-9-13-7-16(19)17(20)8-15(13)18/h4-8,12,21H,9H2,1-3H3. The Balaban J connectivity index is 2.11. The molecule has 1 nitrogen and oxygen atoms in total. The molecule has 4 heteroatoms. The molecule has 0 amide bonds. The summed E-state index contributed by atoms with van der Waals surface area (Å²) < 4.78 is 39.6. The van der Waals surface area contributed by atoms with Gasteiger partial charge in [0.2, 0.25) is 0 Å². The highest BCUT2D eigenvalue weighted by atomic mass is 19.2. The van der Waals surface area contributed by atoms with E-state index in [2.05, 4.69) is 11.4 Å². The van der Waals surface area contributed by atoms with Crippen molar-refractivity contribution in [2.75, 3.05) is 0 Å². The van der Waals surface area contributed by atoms with E-state index in [-0.39, 0.29) is 18.2 Å². The molecule has 0 aliphatic rings. The van der Waals surface area contributed by atoms with Gasteiger partial charge in [-0.15, -0.1) is 0 Å². The third-order valence-corrected chi connectivity index (χ3v) is 3.58. The Morgan fingerprint density at radius 2 is 1.62 bits per heavy atom. The molecule has 2 aromatic rings. The van der Waals surface area contributed by atoms with Gasteiger partial charge >= 0.3 is 0 Å². The van der Waals surface area contributed by atoms with Crippen LogP contribution in [0.1, 0.15) is 35.2 Å². The first-order valence-corrected chi connectivity index (χ1v) is 6.82. The largest absolute Gasteiger partial charge is 0.306 e.